The van der Waals surface area contributed by atoms with E-state index in [1.807, 2.05) is 13.8 Å². The Morgan fingerprint density at radius 1 is 0.839 bits per heavy atom. The Morgan fingerprint density at radius 3 is 1.90 bits per heavy atom. The van der Waals surface area contributed by atoms with Crippen LogP contribution in [-0.2, 0) is 9.47 Å². The summed E-state index contributed by atoms with van der Waals surface area (Å²) < 4.78 is 53.0. The molecule has 0 saturated carbocycles. The molecular formula is C26H33F3O2. The second kappa shape index (κ2) is 13.5. The summed E-state index contributed by atoms with van der Waals surface area (Å²) in [6.45, 7) is 29.7. The molecule has 0 saturated heterocycles. The minimum Gasteiger partial charge on any atom is -0.491 e. The molecule has 2 nitrogen and oxygen atoms in total. The second-order valence-corrected chi connectivity index (χ2v) is 7.26. The predicted octanol–water partition coefficient (Wildman–Crippen LogP) is 7.94. The molecule has 0 aliphatic heterocycles. The van der Waals surface area contributed by atoms with Gasteiger partial charge in [-0.15, -0.1) is 0 Å². The number of rotatable bonds is 14. The third-order valence-electron chi connectivity index (χ3n) is 4.08. The van der Waals surface area contributed by atoms with Crippen LogP contribution in [0.15, 0.2) is 109 Å². The fraction of sp³-hybridized carbons (Fsp3) is 0.308. The van der Waals surface area contributed by atoms with E-state index in [0.717, 1.165) is 0 Å². The van der Waals surface area contributed by atoms with E-state index in [9.17, 15) is 13.2 Å². The Balaban J connectivity index is 5.15. The van der Waals surface area contributed by atoms with Crippen LogP contribution in [0.25, 0.3) is 0 Å². The van der Waals surface area contributed by atoms with Gasteiger partial charge < -0.3 is 9.47 Å². The lowest BCUT2D eigenvalue weighted by molar-refractivity contribution is 0.0693. The van der Waals surface area contributed by atoms with Crippen LogP contribution in [0.1, 0.15) is 27.7 Å². The average molecular weight is 435 g/mol. The number of ether oxygens (including phenoxy) is 2. The van der Waals surface area contributed by atoms with Gasteiger partial charge in [-0.1, -0.05) is 65.5 Å². The van der Waals surface area contributed by atoms with E-state index in [2.05, 4.69) is 39.5 Å². The van der Waals surface area contributed by atoms with Crippen LogP contribution in [0.3, 0.4) is 0 Å². The van der Waals surface area contributed by atoms with Gasteiger partial charge in [0.15, 0.2) is 11.6 Å². The molecule has 0 aromatic heterocycles. The van der Waals surface area contributed by atoms with Crippen molar-refractivity contribution in [3.05, 3.63) is 109 Å². The first-order valence-corrected chi connectivity index (χ1v) is 9.83. The topological polar surface area (TPSA) is 18.5 Å². The van der Waals surface area contributed by atoms with Crippen molar-refractivity contribution in [2.75, 3.05) is 13.2 Å². The molecule has 0 spiro atoms. The standard InChI is InChI=1S/C26H33F3O2/c1-11-30-23(10)26(29)25(28)20(7)18(5)13-12-17(4)19(6)14-24(27)21(8)22(9)31-15-16(2)3/h12-14,16,22H,4-8,10-11,15H2,1-3,9H3/b13-12-,24-14+,26-25-. The fourth-order valence-corrected chi connectivity index (χ4v) is 2.01. The van der Waals surface area contributed by atoms with Crippen LogP contribution >= 0.6 is 0 Å². The van der Waals surface area contributed by atoms with Crippen LogP contribution in [-0.4, -0.2) is 19.3 Å². The smallest absolute Gasteiger partial charge is 0.200 e. The molecule has 0 aliphatic rings. The van der Waals surface area contributed by atoms with E-state index >= 15 is 0 Å². The van der Waals surface area contributed by atoms with Crippen LogP contribution in [0.2, 0.25) is 0 Å². The lowest BCUT2D eigenvalue weighted by Gasteiger charge is -2.16. The molecule has 5 heteroatoms. The summed E-state index contributed by atoms with van der Waals surface area (Å²) in [6, 6.07) is 0. The monoisotopic (exact) mass is 434 g/mol. The van der Waals surface area contributed by atoms with Crippen molar-refractivity contribution < 1.29 is 22.6 Å². The molecule has 0 amide bonds. The summed E-state index contributed by atoms with van der Waals surface area (Å²) >= 11 is 0. The fourth-order valence-electron chi connectivity index (χ4n) is 2.01. The minimum absolute atomic E-state index is 0.0930. The van der Waals surface area contributed by atoms with Crippen molar-refractivity contribution in [3.63, 3.8) is 0 Å². The highest BCUT2D eigenvalue weighted by atomic mass is 19.2. The van der Waals surface area contributed by atoms with Gasteiger partial charge in [0.25, 0.3) is 0 Å². The number of halogens is 3. The third-order valence-corrected chi connectivity index (χ3v) is 4.08. The Morgan fingerprint density at radius 2 is 1.39 bits per heavy atom. The first-order valence-electron chi connectivity index (χ1n) is 9.83. The molecule has 0 heterocycles. The normalized spacial score (nSPS) is 13.6. The van der Waals surface area contributed by atoms with Crippen LogP contribution < -0.4 is 0 Å². The van der Waals surface area contributed by atoms with E-state index in [1.165, 1.54) is 18.2 Å². The van der Waals surface area contributed by atoms with Gasteiger partial charge in [-0.25, -0.2) is 8.78 Å². The van der Waals surface area contributed by atoms with Gasteiger partial charge in [0, 0.05) is 17.8 Å². The number of hydrogen-bond donors (Lipinski definition) is 0. The van der Waals surface area contributed by atoms with E-state index in [0.29, 0.717) is 18.1 Å². The summed E-state index contributed by atoms with van der Waals surface area (Å²) in [5, 5.41) is 0. The average Bonchev–Trinajstić information content (AvgIpc) is 2.72. The van der Waals surface area contributed by atoms with Gasteiger partial charge >= 0.3 is 0 Å². The van der Waals surface area contributed by atoms with Gasteiger partial charge in [0.2, 0.25) is 5.83 Å². The highest BCUT2D eigenvalue weighted by Crippen LogP contribution is 2.27. The minimum atomic E-state index is -1.25. The molecule has 1 atom stereocenters. The molecule has 0 radical (unpaired) electrons. The second-order valence-electron chi connectivity index (χ2n) is 7.26. The lowest BCUT2D eigenvalue weighted by Crippen LogP contribution is -2.15. The van der Waals surface area contributed by atoms with Crippen molar-refractivity contribution in [3.8, 4) is 0 Å². The molecule has 0 bridgehead atoms. The number of allylic oxidation sites excluding steroid dienone is 9. The quantitative estimate of drug-likeness (QED) is 0.204. The van der Waals surface area contributed by atoms with Crippen molar-refractivity contribution in [2.45, 2.75) is 33.8 Å². The van der Waals surface area contributed by atoms with Crippen LogP contribution in [0.4, 0.5) is 13.2 Å². The maximum Gasteiger partial charge on any atom is 0.200 e. The molecule has 0 aliphatic carbocycles. The predicted molar refractivity (Wildman–Crippen MR) is 124 cm³/mol. The van der Waals surface area contributed by atoms with Gasteiger partial charge in [-0.05, 0) is 42.6 Å². The summed E-state index contributed by atoms with van der Waals surface area (Å²) in [6.07, 6.45) is 3.52. The Labute approximate surface area is 184 Å². The highest BCUT2D eigenvalue weighted by Gasteiger charge is 2.16. The molecule has 31 heavy (non-hydrogen) atoms. The van der Waals surface area contributed by atoms with Gasteiger partial charge in [-0.3, -0.25) is 0 Å². The zero-order valence-corrected chi connectivity index (χ0v) is 19.0. The molecule has 0 fully saturated rings. The van der Waals surface area contributed by atoms with Gasteiger partial charge in [-0.2, -0.15) is 4.39 Å². The van der Waals surface area contributed by atoms with Crippen LogP contribution in [0, 0.1) is 5.92 Å². The Kier molecular flexibility index (Phi) is 12.3. The maximum absolute atomic E-state index is 14.4. The van der Waals surface area contributed by atoms with E-state index < -0.39 is 29.3 Å². The first kappa shape index (κ1) is 28.2. The van der Waals surface area contributed by atoms with E-state index in [-0.39, 0.29) is 28.9 Å². The summed E-state index contributed by atoms with van der Waals surface area (Å²) in [7, 11) is 0. The molecule has 0 aromatic rings. The first-order chi connectivity index (χ1) is 14.3. The van der Waals surface area contributed by atoms with Crippen LogP contribution in [0.5, 0.6) is 0 Å². The van der Waals surface area contributed by atoms with Crippen molar-refractivity contribution in [1.82, 2.24) is 0 Å². The third kappa shape index (κ3) is 9.71. The lowest BCUT2D eigenvalue weighted by atomic mass is 10.0. The maximum atomic E-state index is 14.4. The molecule has 0 N–H and O–H groups in total. The van der Waals surface area contributed by atoms with Crippen molar-refractivity contribution in [2.24, 2.45) is 5.92 Å². The van der Waals surface area contributed by atoms with Crippen molar-refractivity contribution >= 4 is 0 Å². The molecule has 1 unspecified atom stereocenters. The summed E-state index contributed by atoms with van der Waals surface area (Å²) in [4.78, 5) is 0. The van der Waals surface area contributed by atoms with E-state index in [1.54, 1.807) is 13.8 Å². The van der Waals surface area contributed by atoms with Gasteiger partial charge in [0.1, 0.15) is 5.83 Å². The molecule has 170 valence electrons. The molecule has 0 rings (SSSR count). The van der Waals surface area contributed by atoms with E-state index in [4.69, 9.17) is 9.47 Å². The Hall–Kier alpha value is -2.79. The summed E-state index contributed by atoms with van der Waals surface area (Å²) in [5.41, 5.74) is 0.621. The number of hydrogen-bond acceptors (Lipinski definition) is 2. The van der Waals surface area contributed by atoms with Gasteiger partial charge in [0.05, 0.1) is 12.7 Å². The van der Waals surface area contributed by atoms with Crippen molar-refractivity contribution in [1.29, 1.82) is 0 Å². The summed E-state index contributed by atoms with van der Waals surface area (Å²) in [5.74, 6) is -3.17. The highest BCUT2D eigenvalue weighted by molar-refractivity contribution is 5.52. The SMILES string of the molecule is C=C(/C=C\C(=C)C(=C)/C(F)=C(/F)C(=C)OCC)C(=C)/C=C(/F)C(=C)C(C)OCC(C)C. The largest absolute Gasteiger partial charge is 0.491 e. The Bertz CT molecular complexity index is 839. The molecule has 0 aromatic carbocycles. The molecular weight excluding hydrogens is 401 g/mol. The zero-order valence-electron chi connectivity index (χ0n) is 19.0. The zero-order chi connectivity index (χ0) is 24.3.